The minimum atomic E-state index is -3.80. The molecule has 2 aromatic rings. The Balaban J connectivity index is 1.78. The molecule has 0 saturated carbocycles. The summed E-state index contributed by atoms with van der Waals surface area (Å²) in [7, 11) is -3.80. The van der Waals surface area contributed by atoms with Crippen molar-refractivity contribution < 1.29 is 17.9 Å². The van der Waals surface area contributed by atoms with Crippen LogP contribution in [0, 0.1) is 13.8 Å². The fraction of sp³-hybridized carbons (Fsp3) is 0.350. The van der Waals surface area contributed by atoms with E-state index in [1.165, 1.54) is 6.07 Å². The second-order valence-electron chi connectivity index (χ2n) is 6.80. The van der Waals surface area contributed by atoms with Gasteiger partial charge in [0, 0.05) is 24.4 Å². The Morgan fingerprint density at radius 1 is 1.19 bits per heavy atom. The Hall–Kier alpha value is -2.38. The minimum Gasteiger partial charge on any atom is -0.376 e. The van der Waals surface area contributed by atoms with Gasteiger partial charge in [-0.3, -0.25) is 9.52 Å². The molecule has 0 bridgehead atoms. The molecule has 6 nitrogen and oxygen atoms in total. The Morgan fingerprint density at radius 3 is 2.70 bits per heavy atom. The van der Waals surface area contributed by atoms with E-state index < -0.39 is 10.0 Å². The van der Waals surface area contributed by atoms with Crippen LogP contribution in [0.15, 0.2) is 47.4 Å². The molecular weight excluding hydrogens is 364 g/mol. The number of hydrogen-bond donors (Lipinski definition) is 2. The molecule has 2 aromatic carbocycles. The van der Waals surface area contributed by atoms with Gasteiger partial charge >= 0.3 is 0 Å². The van der Waals surface area contributed by atoms with E-state index in [4.69, 9.17) is 4.74 Å². The first-order valence-electron chi connectivity index (χ1n) is 8.95. The lowest BCUT2D eigenvalue weighted by Gasteiger charge is -2.14. The lowest BCUT2D eigenvalue weighted by molar-refractivity contribution is 0.0857. The summed E-state index contributed by atoms with van der Waals surface area (Å²) in [4.78, 5) is 12.5. The molecule has 0 aromatic heterocycles. The molecule has 2 N–H and O–H groups in total. The second kappa shape index (κ2) is 8.10. The van der Waals surface area contributed by atoms with Gasteiger partial charge in [-0.2, -0.15) is 0 Å². The Kier molecular flexibility index (Phi) is 5.82. The maximum Gasteiger partial charge on any atom is 0.262 e. The van der Waals surface area contributed by atoms with Crippen LogP contribution >= 0.6 is 0 Å². The fourth-order valence-electron chi connectivity index (χ4n) is 3.06. The van der Waals surface area contributed by atoms with Crippen molar-refractivity contribution in [1.82, 2.24) is 5.32 Å². The van der Waals surface area contributed by atoms with Gasteiger partial charge in [0.25, 0.3) is 15.9 Å². The average Bonchev–Trinajstić information content (AvgIpc) is 3.13. The van der Waals surface area contributed by atoms with Gasteiger partial charge in [-0.1, -0.05) is 18.2 Å². The maximum atomic E-state index is 12.8. The fourth-order valence-corrected chi connectivity index (χ4v) is 4.38. The number of carbonyl (C=O) groups excluding carboxylic acids is 1. The molecule has 144 valence electrons. The largest absolute Gasteiger partial charge is 0.376 e. The van der Waals surface area contributed by atoms with Crippen LogP contribution in [-0.4, -0.2) is 33.6 Å². The van der Waals surface area contributed by atoms with Crippen LogP contribution in [0.1, 0.15) is 34.3 Å². The molecule has 1 atom stereocenters. The smallest absolute Gasteiger partial charge is 0.262 e. The quantitative estimate of drug-likeness (QED) is 0.797. The third-order valence-corrected chi connectivity index (χ3v) is 6.05. The summed E-state index contributed by atoms with van der Waals surface area (Å²) in [5.41, 5.74) is 2.32. The van der Waals surface area contributed by atoms with Crippen LogP contribution in [0.4, 0.5) is 5.69 Å². The summed E-state index contributed by atoms with van der Waals surface area (Å²) < 4.78 is 33.7. The molecule has 0 radical (unpaired) electrons. The molecule has 3 rings (SSSR count). The number of nitrogens with one attached hydrogen (secondary N) is 2. The number of amides is 1. The van der Waals surface area contributed by atoms with Crippen molar-refractivity contribution in [2.24, 2.45) is 0 Å². The summed E-state index contributed by atoms with van der Waals surface area (Å²) in [6.45, 7) is 4.75. The van der Waals surface area contributed by atoms with Gasteiger partial charge in [-0.25, -0.2) is 8.42 Å². The third-order valence-electron chi connectivity index (χ3n) is 4.52. The van der Waals surface area contributed by atoms with Crippen LogP contribution in [0.25, 0.3) is 0 Å². The van der Waals surface area contributed by atoms with Crippen molar-refractivity contribution in [2.75, 3.05) is 17.9 Å². The van der Waals surface area contributed by atoms with Gasteiger partial charge in [0.2, 0.25) is 0 Å². The van der Waals surface area contributed by atoms with E-state index in [1.54, 1.807) is 37.3 Å². The lowest BCUT2D eigenvalue weighted by Crippen LogP contribution is -2.31. The van der Waals surface area contributed by atoms with E-state index >= 15 is 0 Å². The number of ether oxygens (including phenoxy) is 1. The summed E-state index contributed by atoms with van der Waals surface area (Å²) in [6, 6.07) is 11.8. The van der Waals surface area contributed by atoms with Crippen molar-refractivity contribution in [3.05, 3.63) is 59.2 Å². The van der Waals surface area contributed by atoms with Crippen molar-refractivity contribution in [3.63, 3.8) is 0 Å². The number of rotatable bonds is 6. The van der Waals surface area contributed by atoms with E-state index in [-0.39, 0.29) is 16.9 Å². The lowest BCUT2D eigenvalue weighted by atomic mass is 10.1. The predicted molar refractivity (Wildman–Crippen MR) is 104 cm³/mol. The summed E-state index contributed by atoms with van der Waals surface area (Å²) >= 11 is 0. The topological polar surface area (TPSA) is 84.5 Å². The van der Waals surface area contributed by atoms with Crippen LogP contribution in [0.3, 0.4) is 0 Å². The van der Waals surface area contributed by atoms with E-state index in [1.807, 2.05) is 13.0 Å². The zero-order chi connectivity index (χ0) is 19.4. The average molecular weight is 388 g/mol. The number of aryl methyl sites for hydroxylation is 2. The molecule has 7 heteroatoms. The molecule has 1 unspecified atom stereocenters. The van der Waals surface area contributed by atoms with Gasteiger partial charge in [-0.05, 0) is 62.1 Å². The second-order valence-corrected chi connectivity index (χ2v) is 8.45. The summed E-state index contributed by atoms with van der Waals surface area (Å²) in [5.74, 6) is -0.308. The van der Waals surface area contributed by atoms with Crippen LogP contribution < -0.4 is 10.0 Å². The highest BCUT2D eigenvalue weighted by Crippen LogP contribution is 2.21. The van der Waals surface area contributed by atoms with E-state index in [0.29, 0.717) is 23.4 Å². The highest BCUT2D eigenvalue weighted by molar-refractivity contribution is 7.92. The summed E-state index contributed by atoms with van der Waals surface area (Å²) in [6.07, 6.45) is 1.96. The first-order chi connectivity index (χ1) is 12.8. The molecule has 0 spiro atoms. The Labute approximate surface area is 160 Å². The SMILES string of the molecule is Cc1cccc(NS(=O)(=O)c2cc(C(=O)NCC3CCCO3)ccc2C)c1. The molecule has 1 aliphatic heterocycles. The number of hydrogen-bond acceptors (Lipinski definition) is 4. The van der Waals surface area contributed by atoms with Crippen molar-refractivity contribution >= 4 is 21.6 Å². The van der Waals surface area contributed by atoms with Gasteiger partial charge < -0.3 is 10.1 Å². The van der Waals surface area contributed by atoms with Crippen LogP contribution in [0.5, 0.6) is 0 Å². The highest BCUT2D eigenvalue weighted by atomic mass is 32.2. The van der Waals surface area contributed by atoms with Gasteiger partial charge in [0.05, 0.1) is 11.0 Å². The zero-order valence-electron chi connectivity index (χ0n) is 15.5. The predicted octanol–water partition coefficient (Wildman–Crippen LogP) is 3.01. The number of sulfonamides is 1. The Bertz CT molecular complexity index is 935. The van der Waals surface area contributed by atoms with Crippen molar-refractivity contribution in [3.8, 4) is 0 Å². The third kappa shape index (κ3) is 4.87. The number of benzene rings is 2. The maximum absolute atomic E-state index is 12.8. The standard InChI is InChI=1S/C20H24N2O4S/c1-14-5-3-6-17(11-14)22-27(24,25)19-12-16(9-8-15(19)2)20(23)21-13-18-7-4-10-26-18/h3,5-6,8-9,11-12,18,22H,4,7,10,13H2,1-2H3,(H,21,23). The van der Waals surface area contributed by atoms with E-state index in [2.05, 4.69) is 10.0 Å². The first-order valence-corrected chi connectivity index (χ1v) is 10.4. The first kappa shape index (κ1) is 19.4. The molecule has 1 amide bonds. The van der Waals surface area contributed by atoms with E-state index in [0.717, 1.165) is 25.0 Å². The van der Waals surface area contributed by atoms with Crippen molar-refractivity contribution in [1.29, 1.82) is 0 Å². The molecule has 1 aliphatic rings. The van der Waals surface area contributed by atoms with Gasteiger partial charge in [0.1, 0.15) is 0 Å². The minimum absolute atomic E-state index is 0.0330. The monoisotopic (exact) mass is 388 g/mol. The molecule has 27 heavy (non-hydrogen) atoms. The van der Waals surface area contributed by atoms with Gasteiger partial charge in [0.15, 0.2) is 0 Å². The molecule has 1 fully saturated rings. The summed E-state index contributed by atoms with van der Waals surface area (Å²) in [5, 5.41) is 2.82. The van der Waals surface area contributed by atoms with Crippen molar-refractivity contribution in [2.45, 2.75) is 37.7 Å². The Morgan fingerprint density at radius 2 is 2.00 bits per heavy atom. The van der Waals surface area contributed by atoms with Crippen LogP contribution in [-0.2, 0) is 14.8 Å². The molecule has 1 heterocycles. The highest BCUT2D eigenvalue weighted by Gasteiger charge is 2.21. The molecule has 0 aliphatic carbocycles. The van der Waals surface area contributed by atoms with E-state index in [9.17, 15) is 13.2 Å². The number of anilines is 1. The number of carbonyl (C=O) groups is 1. The van der Waals surface area contributed by atoms with Gasteiger partial charge in [-0.15, -0.1) is 0 Å². The zero-order valence-corrected chi connectivity index (χ0v) is 16.3. The normalized spacial score (nSPS) is 16.9. The molecule has 1 saturated heterocycles. The van der Waals surface area contributed by atoms with Crippen LogP contribution in [0.2, 0.25) is 0 Å². The molecular formula is C20H24N2O4S.